The van der Waals surface area contributed by atoms with Gasteiger partial charge in [-0.3, -0.25) is 0 Å². The topological polar surface area (TPSA) is 31.7 Å². The Balaban J connectivity index is 1.59. The Bertz CT molecular complexity index is 890. The van der Waals surface area contributed by atoms with E-state index >= 15 is 0 Å². The van der Waals surface area contributed by atoms with Crippen molar-refractivity contribution in [2.24, 2.45) is 4.99 Å². The van der Waals surface area contributed by atoms with E-state index in [4.69, 9.17) is 0 Å². The molecule has 0 bridgehead atoms. The number of alkyl halides is 3. The zero-order valence-electron chi connectivity index (χ0n) is 13.9. The number of aliphatic imine (C=N–C) groups is 1. The summed E-state index contributed by atoms with van der Waals surface area (Å²) in [5.74, 6) is 1.61. The van der Waals surface area contributed by atoms with Gasteiger partial charge in [-0.15, -0.1) is 0 Å². The van der Waals surface area contributed by atoms with Gasteiger partial charge in [-0.2, -0.15) is 13.2 Å². The van der Waals surface area contributed by atoms with Crippen LogP contribution in [0.4, 0.5) is 24.7 Å². The number of nitrogens with zero attached hydrogens (tertiary/aromatic N) is 4. The van der Waals surface area contributed by atoms with Gasteiger partial charge in [0.25, 0.3) is 0 Å². The monoisotopic (exact) mass is 376 g/mol. The Morgan fingerprint density at radius 2 is 1.88 bits per heavy atom. The highest BCUT2D eigenvalue weighted by molar-refractivity contribution is 8.03. The van der Waals surface area contributed by atoms with Gasteiger partial charge in [0, 0.05) is 11.9 Å². The third kappa shape index (κ3) is 3.05. The van der Waals surface area contributed by atoms with Crippen molar-refractivity contribution >= 4 is 29.6 Å². The lowest BCUT2D eigenvalue weighted by atomic mass is 10.2. The quantitative estimate of drug-likeness (QED) is 0.764. The number of rotatable bonds is 2. The molecule has 0 aliphatic carbocycles. The zero-order chi connectivity index (χ0) is 18.3. The molecular weight excluding hydrogens is 361 g/mol. The molecule has 26 heavy (non-hydrogen) atoms. The first kappa shape index (κ1) is 17.0. The second-order valence-corrected chi connectivity index (χ2v) is 6.95. The third-order valence-corrected chi connectivity index (χ3v) is 5.30. The standard InChI is InChI=1S/C18H15F3N4S/c1-12-3-2-8-22-16(12)25-11-26-17-15(25)9-24(10-23-17)14-6-4-13(5-7-14)18(19,20)21/h2-8,10H,9,11H2,1H3. The van der Waals surface area contributed by atoms with Crippen LogP contribution in [0.2, 0.25) is 0 Å². The van der Waals surface area contributed by atoms with E-state index < -0.39 is 11.7 Å². The molecule has 2 aliphatic rings. The summed E-state index contributed by atoms with van der Waals surface area (Å²) in [5, 5.41) is 0.929. The molecule has 0 atom stereocenters. The van der Waals surface area contributed by atoms with Crippen molar-refractivity contribution in [3.05, 3.63) is 64.4 Å². The molecule has 4 rings (SSSR count). The summed E-state index contributed by atoms with van der Waals surface area (Å²) in [6.07, 6.45) is -0.909. The highest BCUT2D eigenvalue weighted by atomic mass is 32.2. The molecule has 134 valence electrons. The number of thioether (sulfide) groups is 1. The summed E-state index contributed by atoms with van der Waals surface area (Å²) in [6, 6.07) is 9.03. The predicted octanol–water partition coefficient (Wildman–Crippen LogP) is 4.64. The van der Waals surface area contributed by atoms with Crippen molar-refractivity contribution in [2.45, 2.75) is 13.1 Å². The number of hydrogen-bond donors (Lipinski definition) is 0. The highest BCUT2D eigenvalue weighted by Gasteiger charge is 2.32. The Hall–Kier alpha value is -2.48. The fourth-order valence-electron chi connectivity index (χ4n) is 2.94. The van der Waals surface area contributed by atoms with Crippen molar-refractivity contribution in [2.75, 3.05) is 22.2 Å². The Kier molecular flexibility index (Phi) is 4.14. The maximum atomic E-state index is 12.8. The van der Waals surface area contributed by atoms with Gasteiger partial charge in [0.1, 0.15) is 10.8 Å². The Morgan fingerprint density at radius 3 is 2.58 bits per heavy atom. The number of hydrogen-bond acceptors (Lipinski definition) is 5. The van der Waals surface area contributed by atoms with E-state index in [0.29, 0.717) is 12.2 Å². The number of aromatic nitrogens is 1. The molecule has 4 nitrogen and oxygen atoms in total. The first-order chi connectivity index (χ1) is 12.4. The van der Waals surface area contributed by atoms with Crippen LogP contribution >= 0.6 is 11.8 Å². The van der Waals surface area contributed by atoms with Crippen molar-refractivity contribution < 1.29 is 13.2 Å². The summed E-state index contributed by atoms with van der Waals surface area (Å²) in [4.78, 5) is 12.9. The van der Waals surface area contributed by atoms with E-state index in [0.717, 1.165) is 40.1 Å². The number of aryl methyl sites for hydroxylation is 1. The molecule has 1 aromatic heterocycles. The van der Waals surface area contributed by atoms with Crippen LogP contribution in [0.15, 0.2) is 58.3 Å². The first-order valence-electron chi connectivity index (χ1n) is 7.97. The smallest absolute Gasteiger partial charge is 0.326 e. The fourth-order valence-corrected chi connectivity index (χ4v) is 3.93. The molecule has 2 aliphatic heterocycles. The van der Waals surface area contributed by atoms with Gasteiger partial charge in [0.2, 0.25) is 0 Å². The average Bonchev–Trinajstić information content (AvgIpc) is 3.04. The summed E-state index contributed by atoms with van der Waals surface area (Å²) in [5.41, 5.74) is 2.09. The van der Waals surface area contributed by atoms with Crippen LogP contribution in [0.1, 0.15) is 11.1 Å². The van der Waals surface area contributed by atoms with Gasteiger partial charge in [-0.1, -0.05) is 17.8 Å². The number of anilines is 2. The van der Waals surface area contributed by atoms with Gasteiger partial charge >= 0.3 is 6.18 Å². The van der Waals surface area contributed by atoms with E-state index in [-0.39, 0.29) is 0 Å². The number of benzene rings is 1. The number of halogens is 3. The Labute approximate surface area is 153 Å². The molecule has 0 saturated heterocycles. The van der Waals surface area contributed by atoms with Crippen LogP contribution < -0.4 is 9.80 Å². The molecule has 0 saturated carbocycles. The van der Waals surface area contributed by atoms with Crippen LogP contribution in [-0.2, 0) is 6.18 Å². The van der Waals surface area contributed by atoms with Crippen LogP contribution in [0.5, 0.6) is 0 Å². The normalized spacial score (nSPS) is 17.1. The molecule has 8 heteroatoms. The van der Waals surface area contributed by atoms with Gasteiger partial charge in [-0.05, 0) is 42.8 Å². The lowest BCUT2D eigenvalue weighted by Crippen LogP contribution is -2.33. The molecule has 0 amide bonds. The molecule has 0 spiro atoms. The molecule has 0 radical (unpaired) electrons. The minimum absolute atomic E-state index is 0.535. The minimum atomic E-state index is -4.33. The lowest BCUT2D eigenvalue weighted by molar-refractivity contribution is -0.137. The zero-order valence-corrected chi connectivity index (χ0v) is 14.7. The van der Waals surface area contributed by atoms with Gasteiger partial charge in [0.05, 0.1) is 30.0 Å². The molecule has 0 N–H and O–H groups in total. The fraction of sp³-hybridized carbons (Fsp3) is 0.222. The largest absolute Gasteiger partial charge is 0.416 e. The molecular formula is C18H15F3N4S. The summed E-state index contributed by atoms with van der Waals surface area (Å²) >= 11 is 1.63. The highest BCUT2D eigenvalue weighted by Crippen LogP contribution is 2.39. The summed E-state index contributed by atoms with van der Waals surface area (Å²) < 4.78 is 38.3. The van der Waals surface area contributed by atoms with Gasteiger partial charge in [0.15, 0.2) is 0 Å². The van der Waals surface area contributed by atoms with E-state index in [1.165, 1.54) is 12.1 Å². The predicted molar refractivity (Wildman–Crippen MR) is 98.2 cm³/mol. The van der Waals surface area contributed by atoms with E-state index in [2.05, 4.69) is 14.9 Å². The third-order valence-electron chi connectivity index (χ3n) is 4.30. The van der Waals surface area contributed by atoms with Crippen molar-refractivity contribution in [3.63, 3.8) is 0 Å². The molecule has 3 heterocycles. The summed E-state index contributed by atoms with van der Waals surface area (Å²) in [7, 11) is 0. The molecule has 1 aromatic carbocycles. The van der Waals surface area contributed by atoms with Crippen LogP contribution in [-0.4, -0.2) is 23.7 Å². The van der Waals surface area contributed by atoms with E-state index in [9.17, 15) is 13.2 Å². The molecule has 0 unspecified atom stereocenters. The van der Waals surface area contributed by atoms with Crippen LogP contribution in [0.25, 0.3) is 0 Å². The maximum absolute atomic E-state index is 12.8. The van der Waals surface area contributed by atoms with Crippen molar-refractivity contribution in [1.82, 2.24) is 4.98 Å². The number of pyridine rings is 1. The molecule has 0 fully saturated rings. The van der Waals surface area contributed by atoms with Crippen LogP contribution in [0, 0.1) is 6.92 Å². The van der Waals surface area contributed by atoms with Gasteiger partial charge in [-0.25, -0.2) is 9.98 Å². The van der Waals surface area contributed by atoms with E-state index in [1.54, 1.807) is 24.3 Å². The maximum Gasteiger partial charge on any atom is 0.416 e. The first-order valence-corrected chi connectivity index (χ1v) is 8.95. The minimum Gasteiger partial charge on any atom is -0.326 e. The van der Waals surface area contributed by atoms with Crippen LogP contribution in [0.3, 0.4) is 0 Å². The summed E-state index contributed by atoms with van der Waals surface area (Å²) in [6.45, 7) is 2.54. The molecule has 2 aromatic rings. The van der Waals surface area contributed by atoms with Gasteiger partial charge < -0.3 is 9.80 Å². The van der Waals surface area contributed by atoms with Crippen molar-refractivity contribution in [3.8, 4) is 0 Å². The average molecular weight is 376 g/mol. The second kappa shape index (κ2) is 6.35. The second-order valence-electron chi connectivity index (χ2n) is 6.01. The Morgan fingerprint density at radius 1 is 1.12 bits per heavy atom. The lowest BCUT2D eigenvalue weighted by Gasteiger charge is -2.29. The SMILES string of the molecule is Cc1cccnc1N1CSC2=C1CN(c1ccc(C(F)(F)F)cc1)C=N2. The van der Waals surface area contributed by atoms with E-state index in [1.807, 2.05) is 24.0 Å². The van der Waals surface area contributed by atoms with Crippen molar-refractivity contribution in [1.29, 1.82) is 0 Å².